The molecule has 0 radical (unpaired) electrons. The first-order valence-electron chi connectivity index (χ1n) is 13.7. The van der Waals surface area contributed by atoms with Crippen molar-refractivity contribution in [2.45, 2.75) is 87.2 Å². The van der Waals surface area contributed by atoms with E-state index in [1.807, 2.05) is 6.19 Å². The zero-order valence-electron chi connectivity index (χ0n) is 22.0. The summed E-state index contributed by atoms with van der Waals surface area (Å²) in [7, 11) is 0. The minimum absolute atomic E-state index is 0.00229. The maximum atomic E-state index is 14.2. The number of β-amino-alcohol motifs (C(OH)–C–C–N with tert-alkyl or cyclic N) is 1. The number of hydrogen-bond donors (Lipinski definition) is 2. The molecule has 2 N–H and O–H groups in total. The van der Waals surface area contributed by atoms with E-state index >= 15 is 0 Å². The number of nitrogens with zero attached hydrogens (tertiary/aromatic N) is 4. The zero-order valence-corrected chi connectivity index (χ0v) is 22.0. The van der Waals surface area contributed by atoms with E-state index in [-0.39, 0.29) is 43.1 Å². The molecule has 3 aliphatic rings. The number of carbonyl (C=O) groups excluding carboxylic acids is 2. The molecule has 11 heteroatoms. The number of rotatable bonds is 7. The van der Waals surface area contributed by atoms with Gasteiger partial charge in [0.15, 0.2) is 6.19 Å². The van der Waals surface area contributed by atoms with Crippen LogP contribution in [0.25, 0.3) is 0 Å². The summed E-state index contributed by atoms with van der Waals surface area (Å²) in [5.74, 6) is -1.04. The van der Waals surface area contributed by atoms with E-state index in [1.54, 1.807) is 12.1 Å². The monoisotopic (exact) mass is 555 g/mol. The Kier molecular flexibility index (Phi) is 7.73. The highest BCUT2D eigenvalue weighted by Gasteiger charge is 2.64. The molecular formula is C29H32F3N5O3. The molecule has 1 aromatic carbocycles. The van der Waals surface area contributed by atoms with E-state index < -0.39 is 41.6 Å². The molecule has 1 unspecified atom stereocenters. The van der Waals surface area contributed by atoms with Crippen LogP contribution < -0.4 is 10.2 Å². The van der Waals surface area contributed by atoms with Crippen molar-refractivity contribution in [2.75, 3.05) is 11.4 Å². The molecule has 212 valence electrons. The third kappa shape index (κ3) is 5.37. The number of carbonyl (C=O) groups is 2. The van der Waals surface area contributed by atoms with Crippen molar-refractivity contribution in [3.63, 3.8) is 0 Å². The van der Waals surface area contributed by atoms with Crippen LogP contribution in [0.3, 0.4) is 0 Å². The molecular weight excluding hydrogens is 523 g/mol. The van der Waals surface area contributed by atoms with Gasteiger partial charge in [0.05, 0.1) is 18.1 Å². The van der Waals surface area contributed by atoms with Crippen LogP contribution >= 0.6 is 0 Å². The molecule has 2 aromatic rings. The van der Waals surface area contributed by atoms with Gasteiger partial charge in [0.2, 0.25) is 5.91 Å². The first kappa shape index (κ1) is 27.9. The molecule has 1 aromatic heterocycles. The third-order valence-electron chi connectivity index (χ3n) is 8.38. The fraction of sp³-hybridized carbons (Fsp3) is 0.517. The lowest BCUT2D eigenvalue weighted by Crippen LogP contribution is -2.51. The number of amides is 2. The summed E-state index contributed by atoms with van der Waals surface area (Å²) in [4.78, 5) is 34.7. The van der Waals surface area contributed by atoms with Gasteiger partial charge in [-0.25, -0.2) is 0 Å². The lowest BCUT2D eigenvalue weighted by Gasteiger charge is -2.35. The summed E-state index contributed by atoms with van der Waals surface area (Å²) >= 11 is 0. The molecule has 3 atom stereocenters. The second kappa shape index (κ2) is 11.1. The lowest BCUT2D eigenvalue weighted by molar-refractivity contribution is -0.160. The number of alkyl halides is 3. The van der Waals surface area contributed by atoms with Gasteiger partial charge in [0.1, 0.15) is 12.1 Å². The maximum Gasteiger partial charge on any atom is 0.398 e. The van der Waals surface area contributed by atoms with Crippen molar-refractivity contribution < 1.29 is 27.9 Å². The van der Waals surface area contributed by atoms with Crippen LogP contribution in [-0.2, 0) is 15.0 Å². The van der Waals surface area contributed by atoms with Gasteiger partial charge < -0.3 is 10.4 Å². The topological polar surface area (TPSA) is 110 Å². The van der Waals surface area contributed by atoms with E-state index in [4.69, 9.17) is 0 Å². The highest BCUT2D eigenvalue weighted by molar-refractivity contribution is 6.04. The van der Waals surface area contributed by atoms with Gasteiger partial charge in [-0.05, 0) is 49.4 Å². The SMILES string of the molecule is N#CN1C[C@H](O)C[C@@H]1C(=O)N(c1ccc(C2(C(F)(F)F)CC2)cc1)C(C(=O)NC1CCCCC1)c1cccnc1. The quantitative estimate of drug-likeness (QED) is 0.498. The Hall–Kier alpha value is -3.65. The number of nitriles is 1. The molecule has 8 nitrogen and oxygen atoms in total. The lowest BCUT2D eigenvalue weighted by atomic mass is 9.93. The Labute approximate surface area is 230 Å². The van der Waals surface area contributed by atoms with Gasteiger partial charge in [-0.3, -0.25) is 24.4 Å². The number of aliphatic hydroxyl groups excluding tert-OH is 1. The van der Waals surface area contributed by atoms with Gasteiger partial charge >= 0.3 is 6.18 Å². The predicted molar refractivity (Wildman–Crippen MR) is 140 cm³/mol. The van der Waals surface area contributed by atoms with E-state index in [0.29, 0.717) is 5.56 Å². The Bertz CT molecular complexity index is 1250. The number of benzene rings is 1. The van der Waals surface area contributed by atoms with Crippen molar-refractivity contribution in [1.29, 1.82) is 5.26 Å². The van der Waals surface area contributed by atoms with Crippen molar-refractivity contribution >= 4 is 17.5 Å². The first-order valence-corrected chi connectivity index (χ1v) is 13.7. The standard InChI is InChI=1S/C29H32F3N5O3/c30-29(31,32)28(12-13-28)20-8-10-22(11-9-20)37(27(40)24-15-23(38)17-36(24)18-33)25(19-5-4-14-34-16-19)26(39)35-21-6-2-1-3-7-21/h4-5,8-11,14,16,21,23-25,38H,1-3,6-7,12-13,15,17H2,(H,35,39)/t23-,24-,25?/m1/s1. The maximum absolute atomic E-state index is 14.2. The number of aromatic nitrogens is 1. The first-order chi connectivity index (χ1) is 19.1. The van der Waals surface area contributed by atoms with Crippen LogP contribution in [0.4, 0.5) is 18.9 Å². The Morgan fingerprint density at radius 1 is 1.15 bits per heavy atom. The highest BCUT2D eigenvalue weighted by atomic mass is 19.4. The number of anilines is 1. The van der Waals surface area contributed by atoms with Gasteiger partial charge in [0.25, 0.3) is 5.91 Å². The molecule has 1 saturated heterocycles. The normalized spacial score (nSPS) is 23.2. The van der Waals surface area contributed by atoms with Crippen molar-refractivity contribution in [3.8, 4) is 6.19 Å². The summed E-state index contributed by atoms with van der Waals surface area (Å²) in [6, 6.07) is 6.60. The number of halogens is 3. The predicted octanol–water partition coefficient (Wildman–Crippen LogP) is 4.11. The number of hydrogen-bond acceptors (Lipinski definition) is 6. The van der Waals surface area contributed by atoms with Crippen molar-refractivity contribution in [3.05, 3.63) is 59.9 Å². The second-order valence-electron chi connectivity index (χ2n) is 11.0. The number of pyridine rings is 1. The van der Waals surface area contributed by atoms with Crippen LogP contribution in [0.5, 0.6) is 0 Å². The number of nitrogens with one attached hydrogen (secondary N) is 1. The molecule has 2 saturated carbocycles. The molecule has 3 fully saturated rings. The molecule has 2 amide bonds. The van der Waals surface area contributed by atoms with Crippen LogP contribution in [0.2, 0.25) is 0 Å². The summed E-state index contributed by atoms with van der Waals surface area (Å²) in [5, 5.41) is 23.0. The molecule has 40 heavy (non-hydrogen) atoms. The van der Waals surface area contributed by atoms with Crippen molar-refractivity contribution in [1.82, 2.24) is 15.2 Å². The second-order valence-corrected chi connectivity index (χ2v) is 11.0. The third-order valence-corrected chi connectivity index (χ3v) is 8.38. The highest BCUT2D eigenvalue weighted by Crippen LogP contribution is 2.59. The van der Waals surface area contributed by atoms with E-state index in [0.717, 1.165) is 32.1 Å². The smallest absolute Gasteiger partial charge is 0.391 e. The summed E-state index contributed by atoms with van der Waals surface area (Å²) in [6.07, 6.45) is 4.31. The zero-order chi connectivity index (χ0) is 28.5. The van der Waals surface area contributed by atoms with Crippen LogP contribution in [0.1, 0.15) is 68.5 Å². The van der Waals surface area contributed by atoms with E-state index in [1.165, 1.54) is 46.5 Å². The molecule has 0 bridgehead atoms. The Balaban J connectivity index is 1.56. The van der Waals surface area contributed by atoms with Crippen LogP contribution in [-0.4, -0.2) is 57.7 Å². The Morgan fingerprint density at radius 3 is 2.42 bits per heavy atom. The fourth-order valence-electron chi connectivity index (χ4n) is 6.01. The molecule has 5 rings (SSSR count). The number of aliphatic hydroxyl groups is 1. The van der Waals surface area contributed by atoms with E-state index in [9.17, 15) is 33.1 Å². The van der Waals surface area contributed by atoms with Gasteiger partial charge in [-0.15, -0.1) is 0 Å². The Morgan fingerprint density at radius 2 is 1.85 bits per heavy atom. The fourth-order valence-corrected chi connectivity index (χ4v) is 6.01. The van der Waals surface area contributed by atoms with Gasteiger partial charge in [-0.2, -0.15) is 18.4 Å². The van der Waals surface area contributed by atoms with Crippen molar-refractivity contribution in [2.24, 2.45) is 0 Å². The molecule has 2 aliphatic carbocycles. The average Bonchev–Trinajstić information content (AvgIpc) is 3.69. The van der Waals surface area contributed by atoms with Gasteiger partial charge in [0, 0.05) is 36.1 Å². The molecule has 1 aliphatic heterocycles. The van der Waals surface area contributed by atoms with Crippen LogP contribution in [0.15, 0.2) is 48.8 Å². The number of likely N-dealkylation sites (tertiary alicyclic amines) is 1. The summed E-state index contributed by atoms with van der Waals surface area (Å²) < 4.78 is 41.4. The van der Waals surface area contributed by atoms with Gasteiger partial charge in [-0.1, -0.05) is 37.5 Å². The van der Waals surface area contributed by atoms with Crippen LogP contribution in [0, 0.1) is 11.5 Å². The van der Waals surface area contributed by atoms with E-state index in [2.05, 4.69) is 10.3 Å². The molecule has 0 spiro atoms. The molecule has 2 heterocycles. The minimum atomic E-state index is -4.39. The average molecular weight is 556 g/mol. The minimum Gasteiger partial charge on any atom is -0.391 e. The largest absolute Gasteiger partial charge is 0.398 e. The summed E-state index contributed by atoms with van der Waals surface area (Å²) in [5.41, 5.74) is -1.15. The summed E-state index contributed by atoms with van der Waals surface area (Å²) in [6.45, 7) is -0.0282.